The van der Waals surface area contributed by atoms with Crippen molar-refractivity contribution in [3.63, 3.8) is 0 Å². The van der Waals surface area contributed by atoms with Gasteiger partial charge in [-0.25, -0.2) is 4.79 Å². The van der Waals surface area contributed by atoms with Gasteiger partial charge in [-0.1, -0.05) is 12.1 Å². The van der Waals surface area contributed by atoms with Crippen LogP contribution in [0, 0.1) is 13.8 Å². The van der Waals surface area contributed by atoms with Gasteiger partial charge >= 0.3 is 5.97 Å². The molecule has 3 rings (SSSR count). The molecular formula is C26H34N3O6+. The van der Waals surface area contributed by atoms with Crippen molar-refractivity contribution in [3.05, 3.63) is 57.9 Å². The largest absolute Gasteiger partial charge is 0.507 e. The number of aliphatic hydroxyl groups is 1. The number of esters is 1. The first-order valence-electron chi connectivity index (χ1n) is 11.7. The summed E-state index contributed by atoms with van der Waals surface area (Å²) in [4.78, 5) is 44.4. The average molecular weight is 485 g/mol. The number of likely N-dealkylation sites (N-methyl/N-ethyl adjacent to an activating group) is 1. The molecule has 1 saturated heterocycles. The molecule has 2 aromatic rings. The van der Waals surface area contributed by atoms with Gasteiger partial charge in [0.25, 0.3) is 11.7 Å². The second-order valence-electron chi connectivity index (χ2n) is 8.59. The number of amides is 1. The predicted octanol–water partition coefficient (Wildman–Crippen LogP) is 1.77. The summed E-state index contributed by atoms with van der Waals surface area (Å²) in [5.74, 6) is -1.67. The molecule has 0 unspecified atom stereocenters. The number of aliphatic hydroxyl groups excluding tert-OH is 1. The maximum atomic E-state index is 13.3. The summed E-state index contributed by atoms with van der Waals surface area (Å²) in [5, 5.41) is 11.4. The van der Waals surface area contributed by atoms with Gasteiger partial charge in [-0.15, -0.1) is 0 Å². The van der Waals surface area contributed by atoms with E-state index in [1.54, 1.807) is 45.2 Å². The SMILES string of the molecule is CC[NH+](CC)CCN1C(=O)C(=O)/C(=C(\O)c2c(C)[nH]c(C(=O)OC)c2C)[C@H]1c1ccc(OC)cc1. The lowest BCUT2D eigenvalue weighted by atomic mass is 9.94. The third-order valence-corrected chi connectivity index (χ3v) is 6.74. The normalized spacial score (nSPS) is 17.3. The van der Waals surface area contributed by atoms with Crippen LogP contribution in [-0.2, 0) is 14.3 Å². The highest BCUT2D eigenvalue weighted by atomic mass is 16.5. The molecule has 0 aliphatic carbocycles. The number of H-pyrrole nitrogens is 1. The zero-order chi connectivity index (χ0) is 25.9. The third-order valence-electron chi connectivity index (χ3n) is 6.74. The average Bonchev–Trinajstić information content (AvgIpc) is 3.30. The van der Waals surface area contributed by atoms with Gasteiger partial charge in [-0.3, -0.25) is 9.59 Å². The van der Waals surface area contributed by atoms with E-state index in [0.717, 1.165) is 13.1 Å². The van der Waals surface area contributed by atoms with Crippen molar-refractivity contribution in [2.24, 2.45) is 0 Å². The fraction of sp³-hybridized carbons (Fsp3) is 0.423. The number of benzene rings is 1. The van der Waals surface area contributed by atoms with Crippen molar-refractivity contribution in [2.75, 3.05) is 40.4 Å². The predicted molar refractivity (Wildman–Crippen MR) is 131 cm³/mol. The Labute approximate surface area is 205 Å². The summed E-state index contributed by atoms with van der Waals surface area (Å²) in [6.45, 7) is 10.3. The lowest BCUT2D eigenvalue weighted by Gasteiger charge is -2.27. The minimum Gasteiger partial charge on any atom is -0.507 e. The number of Topliss-reactive ketones (excluding diaryl/α,β-unsaturated/α-hetero) is 1. The van der Waals surface area contributed by atoms with Gasteiger partial charge in [0.05, 0.1) is 52.0 Å². The van der Waals surface area contributed by atoms with E-state index in [1.807, 2.05) is 0 Å². The molecule has 0 bridgehead atoms. The van der Waals surface area contributed by atoms with Crippen molar-refractivity contribution < 1.29 is 33.9 Å². The number of aromatic nitrogens is 1. The van der Waals surface area contributed by atoms with Gasteiger partial charge in [0, 0.05) is 11.3 Å². The minimum absolute atomic E-state index is 0.00340. The molecule has 1 aliphatic rings. The molecule has 1 atom stereocenters. The number of nitrogens with zero attached hydrogens (tertiary/aromatic N) is 1. The zero-order valence-corrected chi connectivity index (χ0v) is 21.2. The van der Waals surface area contributed by atoms with Crippen molar-refractivity contribution in [1.29, 1.82) is 0 Å². The molecule has 0 spiro atoms. The first-order chi connectivity index (χ1) is 16.7. The van der Waals surface area contributed by atoms with E-state index in [1.165, 1.54) is 16.9 Å². The van der Waals surface area contributed by atoms with E-state index in [-0.39, 0.29) is 17.0 Å². The summed E-state index contributed by atoms with van der Waals surface area (Å²) < 4.78 is 10.1. The zero-order valence-electron chi connectivity index (χ0n) is 21.2. The number of hydrogen-bond donors (Lipinski definition) is 3. The molecule has 9 heteroatoms. The van der Waals surface area contributed by atoms with Crippen LogP contribution in [0.3, 0.4) is 0 Å². The highest BCUT2D eigenvalue weighted by Crippen LogP contribution is 2.41. The third kappa shape index (κ3) is 4.81. The first-order valence-corrected chi connectivity index (χ1v) is 11.7. The van der Waals surface area contributed by atoms with Gasteiger partial charge in [-0.2, -0.15) is 0 Å². The van der Waals surface area contributed by atoms with Crippen molar-refractivity contribution >= 4 is 23.4 Å². The summed E-state index contributed by atoms with van der Waals surface area (Å²) in [7, 11) is 2.83. The number of carbonyl (C=O) groups excluding carboxylic acids is 3. The highest BCUT2D eigenvalue weighted by molar-refractivity contribution is 6.46. The number of quaternary nitrogens is 1. The molecule has 9 nitrogen and oxygen atoms in total. The fourth-order valence-electron chi connectivity index (χ4n) is 4.67. The fourth-order valence-corrected chi connectivity index (χ4v) is 4.67. The van der Waals surface area contributed by atoms with Gasteiger partial charge < -0.3 is 29.4 Å². The van der Waals surface area contributed by atoms with Gasteiger partial charge in [0.15, 0.2) is 0 Å². The number of hydrogen-bond acceptors (Lipinski definition) is 6. The summed E-state index contributed by atoms with van der Waals surface area (Å²) in [6, 6.07) is 6.32. The molecule has 2 heterocycles. The van der Waals surface area contributed by atoms with Crippen LogP contribution in [0.4, 0.5) is 0 Å². The number of methoxy groups -OCH3 is 2. The lowest BCUT2D eigenvalue weighted by Crippen LogP contribution is -3.12. The molecule has 1 fully saturated rings. The molecule has 0 saturated carbocycles. The Morgan fingerprint density at radius 1 is 1.11 bits per heavy atom. The Morgan fingerprint density at radius 2 is 1.74 bits per heavy atom. The number of likely N-dealkylation sites (tertiary alicyclic amines) is 1. The van der Waals surface area contributed by atoms with Crippen LogP contribution in [0.15, 0.2) is 29.8 Å². The highest BCUT2D eigenvalue weighted by Gasteiger charge is 2.46. The molecular weight excluding hydrogens is 450 g/mol. The maximum Gasteiger partial charge on any atom is 0.354 e. The monoisotopic (exact) mass is 484 g/mol. The topological polar surface area (TPSA) is 113 Å². The Balaban J connectivity index is 2.17. The molecule has 188 valence electrons. The van der Waals surface area contributed by atoms with E-state index >= 15 is 0 Å². The molecule has 35 heavy (non-hydrogen) atoms. The minimum atomic E-state index is -0.772. The van der Waals surface area contributed by atoms with Crippen LogP contribution in [0.2, 0.25) is 0 Å². The molecule has 0 radical (unpaired) electrons. The van der Waals surface area contributed by atoms with Crippen LogP contribution in [0.5, 0.6) is 5.75 Å². The lowest BCUT2D eigenvalue weighted by molar-refractivity contribution is -0.895. The van der Waals surface area contributed by atoms with Crippen LogP contribution in [-0.4, -0.2) is 73.0 Å². The van der Waals surface area contributed by atoms with Crippen molar-refractivity contribution in [3.8, 4) is 5.75 Å². The Morgan fingerprint density at radius 3 is 2.29 bits per heavy atom. The number of ether oxygens (including phenoxy) is 2. The van der Waals surface area contributed by atoms with E-state index in [2.05, 4.69) is 18.8 Å². The number of nitrogens with one attached hydrogen (secondary N) is 2. The second kappa shape index (κ2) is 10.8. The van der Waals surface area contributed by atoms with Crippen molar-refractivity contribution in [1.82, 2.24) is 9.88 Å². The Bertz CT molecular complexity index is 1140. The molecule has 1 aromatic carbocycles. The van der Waals surface area contributed by atoms with Crippen LogP contribution < -0.4 is 9.64 Å². The summed E-state index contributed by atoms with van der Waals surface area (Å²) in [6.07, 6.45) is 0. The van der Waals surface area contributed by atoms with Crippen LogP contribution in [0.1, 0.15) is 52.8 Å². The number of rotatable bonds is 9. The number of ketones is 1. The van der Waals surface area contributed by atoms with E-state index < -0.39 is 23.7 Å². The molecule has 1 aromatic heterocycles. The van der Waals surface area contributed by atoms with Crippen molar-refractivity contribution in [2.45, 2.75) is 33.7 Å². The maximum absolute atomic E-state index is 13.3. The Kier molecular flexibility index (Phi) is 8.01. The quantitative estimate of drug-likeness (QED) is 0.216. The van der Waals surface area contributed by atoms with Crippen LogP contribution >= 0.6 is 0 Å². The van der Waals surface area contributed by atoms with Gasteiger partial charge in [0.2, 0.25) is 0 Å². The van der Waals surface area contributed by atoms with Crippen LogP contribution in [0.25, 0.3) is 5.76 Å². The Hall–Kier alpha value is -3.59. The number of carbonyl (C=O) groups is 3. The smallest absolute Gasteiger partial charge is 0.354 e. The summed E-state index contributed by atoms with van der Waals surface area (Å²) >= 11 is 0. The van der Waals surface area contributed by atoms with Gasteiger partial charge in [0.1, 0.15) is 17.2 Å². The number of aryl methyl sites for hydroxylation is 1. The molecule has 3 N–H and O–H groups in total. The van der Waals surface area contributed by atoms with E-state index in [0.29, 0.717) is 41.2 Å². The molecule has 1 aliphatic heterocycles. The van der Waals surface area contributed by atoms with E-state index in [9.17, 15) is 19.5 Å². The number of aromatic amines is 1. The van der Waals surface area contributed by atoms with Gasteiger partial charge in [-0.05, 0) is 51.0 Å². The second-order valence-corrected chi connectivity index (χ2v) is 8.59. The van der Waals surface area contributed by atoms with E-state index in [4.69, 9.17) is 9.47 Å². The standard InChI is InChI=1S/C26H33N3O6/c1-7-28(8-2)13-14-29-22(17-9-11-18(34-5)12-10-17)20(24(31)25(29)32)23(30)19-15(3)21(26(33)35-6)27-16(19)4/h9-12,22,27,30H,7-8,13-14H2,1-6H3/p+1/b23-20-/t22-/m1/s1. The molecule has 1 amide bonds. The summed E-state index contributed by atoms with van der Waals surface area (Å²) in [5.41, 5.74) is 2.12. The first kappa shape index (κ1) is 26.0.